The van der Waals surface area contributed by atoms with Crippen molar-refractivity contribution in [2.24, 2.45) is 17.8 Å². The van der Waals surface area contributed by atoms with Crippen molar-refractivity contribution in [3.05, 3.63) is 29.6 Å². The van der Waals surface area contributed by atoms with Crippen molar-refractivity contribution < 1.29 is 27.1 Å². The van der Waals surface area contributed by atoms with Crippen LogP contribution in [0.3, 0.4) is 0 Å². The monoisotopic (exact) mass is 466 g/mol. The van der Waals surface area contributed by atoms with Gasteiger partial charge in [0.2, 0.25) is 10.0 Å². The quantitative estimate of drug-likeness (QED) is 0.624. The minimum Gasteiger partial charge on any atom is -0.452 e. The molecule has 9 heteroatoms. The van der Waals surface area contributed by atoms with Gasteiger partial charge in [0, 0.05) is 19.1 Å². The van der Waals surface area contributed by atoms with Gasteiger partial charge in [0.25, 0.3) is 5.91 Å². The number of esters is 1. The first-order chi connectivity index (χ1) is 15.3. The molecule has 0 unspecified atom stereocenters. The van der Waals surface area contributed by atoms with Gasteiger partial charge in [-0.25, -0.2) is 17.6 Å². The largest absolute Gasteiger partial charge is 0.452 e. The van der Waals surface area contributed by atoms with Crippen LogP contribution in [0, 0.1) is 23.6 Å². The second-order valence-corrected chi connectivity index (χ2v) is 11.3. The Bertz CT molecular complexity index is 977. The molecule has 3 fully saturated rings. The zero-order chi connectivity index (χ0) is 22.9. The molecule has 0 aromatic heterocycles. The molecular weight excluding hydrogens is 435 g/mol. The molecule has 1 amide bonds. The van der Waals surface area contributed by atoms with E-state index in [9.17, 15) is 22.4 Å². The molecule has 0 spiro atoms. The molecule has 1 aliphatic heterocycles. The Morgan fingerprint density at radius 3 is 2.59 bits per heavy atom. The van der Waals surface area contributed by atoms with Gasteiger partial charge >= 0.3 is 5.97 Å². The zero-order valence-electron chi connectivity index (χ0n) is 18.4. The lowest BCUT2D eigenvalue weighted by Crippen LogP contribution is -2.42. The van der Waals surface area contributed by atoms with Gasteiger partial charge in [0.15, 0.2) is 6.61 Å². The number of hydrogen-bond donors (Lipinski definition) is 1. The lowest BCUT2D eigenvalue weighted by molar-refractivity contribution is -0.125. The molecule has 1 N–H and O–H groups in total. The molecule has 176 valence electrons. The second-order valence-electron chi connectivity index (χ2n) is 9.38. The third-order valence-electron chi connectivity index (χ3n) is 7.26. The van der Waals surface area contributed by atoms with Gasteiger partial charge in [0.1, 0.15) is 10.7 Å². The molecule has 1 aromatic rings. The number of nitrogens with zero attached hydrogens (tertiary/aromatic N) is 1. The summed E-state index contributed by atoms with van der Waals surface area (Å²) in [5.41, 5.74) is -0.101. The van der Waals surface area contributed by atoms with Crippen LogP contribution in [0.1, 0.15) is 62.2 Å². The zero-order valence-corrected chi connectivity index (χ0v) is 19.2. The lowest BCUT2D eigenvalue weighted by Gasteiger charge is -2.28. The van der Waals surface area contributed by atoms with Crippen molar-refractivity contribution in [1.29, 1.82) is 0 Å². The van der Waals surface area contributed by atoms with Crippen LogP contribution in [-0.2, 0) is 19.6 Å². The molecule has 32 heavy (non-hydrogen) atoms. The maximum absolute atomic E-state index is 14.3. The van der Waals surface area contributed by atoms with Crippen LogP contribution in [0.25, 0.3) is 0 Å². The maximum Gasteiger partial charge on any atom is 0.338 e. The number of piperidine rings is 1. The summed E-state index contributed by atoms with van der Waals surface area (Å²) in [6.45, 7) is 2.19. The van der Waals surface area contributed by atoms with Crippen LogP contribution >= 0.6 is 0 Å². The normalized spacial score (nSPS) is 26.6. The smallest absolute Gasteiger partial charge is 0.338 e. The van der Waals surface area contributed by atoms with Crippen molar-refractivity contribution in [3.8, 4) is 0 Å². The highest BCUT2D eigenvalue weighted by molar-refractivity contribution is 7.89. The molecule has 4 atom stereocenters. The number of sulfonamides is 1. The third kappa shape index (κ3) is 4.83. The Labute approximate surface area is 188 Å². The maximum atomic E-state index is 14.3. The molecule has 2 bridgehead atoms. The molecule has 1 saturated heterocycles. The summed E-state index contributed by atoms with van der Waals surface area (Å²) < 4.78 is 46.3. The Balaban J connectivity index is 1.35. The highest BCUT2D eigenvalue weighted by atomic mass is 32.2. The van der Waals surface area contributed by atoms with Gasteiger partial charge in [-0.2, -0.15) is 4.31 Å². The van der Waals surface area contributed by atoms with Gasteiger partial charge in [-0.05, 0) is 75.0 Å². The Hall–Kier alpha value is -2.00. The molecule has 3 aliphatic rings. The van der Waals surface area contributed by atoms with Crippen molar-refractivity contribution in [2.75, 3.05) is 19.7 Å². The van der Waals surface area contributed by atoms with E-state index in [0.717, 1.165) is 43.7 Å². The molecule has 1 aromatic carbocycles. The number of amides is 1. The second kappa shape index (κ2) is 9.47. The van der Waals surface area contributed by atoms with Crippen LogP contribution in [0.5, 0.6) is 0 Å². The van der Waals surface area contributed by atoms with Crippen molar-refractivity contribution in [3.63, 3.8) is 0 Å². The summed E-state index contributed by atoms with van der Waals surface area (Å²) in [5, 5.41) is 2.92. The SMILES string of the molecule is C[C@@H](NC(=O)COC(=O)c1ccc(F)c(S(=O)(=O)N2CCCCC2)c1)[C@@H]1C[C@H]2CC[C@H]1C2. The van der Waals surface area contributed by atoms with Crippen LogP contribution in [0.15, 0.2) is 23.1 Å². The van der Waals surface area contributed by atoms with Crippen molar-refractivity contribution >= 4 is 21.9 Å². The molecule has 0 radical (unpaired) electrons. The summed E-state index contributed by atoms with van der Waals surface area (Å²) >= 11 is 0. The van der Waals surface area contributed by atoms with E-state index in [1.54, 1.807) is 0 Å². The predicted octanol–water partition coefficient (Wildman–Crippen LogP) is 3.10. The standard InChI is InChI=1S/C23H31FN2O5S/c1-15(19-12-16-5-6-17(19)11-16)25-22(27)14-31-23(28)18-7-8-20(24)21(13-18)32(29,30)26-9-3-2-4-10-26/h7-8,13,15-17,19H,2-6,9-12,14H2,1H3,(H,25,27)/t15-,16+,17+,19+/m1/s1. The van der Waals surface area contributed by atoms with Gasteiger partial charge in [-0.3, -0.25) is 4.79 Å². The highest BCUT2D eigenvalue weighted by Crippen LogP contribution is 2.49. The molecule has 2 saturated carbocycles. The Morgan fingerprint density at radius 1 is 1.19 bits per heavy atom. The number of hydrogen-bond acceptors (Lipinski definition) is 5. The fourth-order valence-electron chi connectivity index (χ4n) is 5.60. The Morgan fingerprint density at radius 2 is 1.94 bits per heavy atom. The number of ether oxygens (including phenoxy) is 1. The number of fused-ring (bicyclic) bond motifs is 2. The summed E-state index contributed by atoms with van der Waals surface area (Å²) in [5.74, 6) is -0.259. The summed E-state index contributed by atoms with van der Waals surface area (Å²) in [6.07, 6.45) is 7.26. The minimum absolute atomic E-state index is 0.0172. The molecular formula is C23H31FN2O5S. The van der Waals surface area contributed by atoms with Gasteiger partial charge in [0.05, 0.1) is 5.56 Å². The lowest BCUT2D eigenvalue weighted by atomic mass is 9.84. The average molecular weight is 467 g/mol. The predicted molar refractivity (Wildman–Crippen MR) is 116 cm³/mol. The summed E-state index contributed by atoms with van der Waals surface area (Å²) in [6, 6.07) is 3.13. The van der Waals surface area contributed by atoms with E-state index in [1.165, 1.54) is 29.6 Å². The number of halogens is 1. The topological polar surface area (TPSA) is 92.8 Å². The highest BCUT2D eigenvalue weighted by Gasteiger charge is 2.42. The molecule has 1 heterocycles. The van der Waals surface area contributed by atoms with Gasteiger partial charge in [-0.1, -0.05) is 12.8 Å². The number of carbonyl (C=O) groups excluding carboxylic acids is 2. The van der Waals surface area contributed by atoms with E-state index in [1.807, 2.05) is 6.92 Å². The van der Waals surface area contributed by atoms with Crippen LogP contribution in [0.2, 0.25) is 0 Å². The third-order valence-corrected chi connectivity index (χ3v) is 9.17. The van der Waals surface area contributed by atoms with E-state index in [0.29, 0.717) is 24.9 Å². The first-order valence-corrected chi connectivity index (χ1v) is 13.0. The van der Waals surface area contributed by atoms with E-state index in [4.69, 9.17) is 4.74 Å². The molecule has 7 nitrogen and oxygen atoms in total. The summed E-state index contributed by atoms with van der Waals surface area (Å²) in [4.78, 5) is 24.2. The van der Waals surface area contributed by atoms with E-state index in [2.05, 4.69) is 5.32 Å². The van der Waals surface area contributed by atoms with Crippen LogP contribution in [-0.4, -0.2) is 50.3 Å². The fraction of sp³-hybridized carbons (Fsp3) is 0.652. The number of rotatable bonds is 7. The van der Waals surface area contributed by atoms with Gasteiger partial charge < -0.3 is 10.1 Å². The van der Waals surface area contributed by atoms with Crippen LogP contribution in [0.4, 0.5) is 4.39 Å². The van der Waals surface area contributed by atoms with Crippen molar-refractivity contribution in [1.82, 2.24) is 9.62 Å². The number of benzene rings is 1. The fourth-order valence-corrected chi connectivity index (χ4v) is 7.20. The van der Waals surface area contributed by atoms with E-state index in [-0.39, 0.29) is 11.6 Å². The van der Waals surface area contributed by atoms with E-state index < -0.39 is 39.2 Å². The first-order valence-electron chi connectivity index (χ1n) is 11.5. The minimum atomic E-state index is -4.04. The molecule has 2 aliphatic carbocycles. The molecule has 4 rings (SSSR count). The number of carbonyl (C=O) groups is 2. The van der Waals surface area contributed by atoms with E-state index >= 15 is 0 Å². The average Bonchev–Trinajstić information content (AvgIpc) is 3.42. The number of nitrogens with one attached hydrogen (secondary N) is 1. The van der Waals surface area contributed by atoms with Crippen molar-refractivity contribution in [2.45, 2.75) is 62.8 Å². The first kappa shape index (κ1) is 23.2. The van der Waals surface area contributed by atoms with Crippen LogP contribution < -0.4 is 5.32 Å². The van der Waals surface area contributed by atoms with Gasteiger partial charge in [-0.15, -0.1) is 0 Å². The summed E-state index contributed by atoms with van der Waals surface area (Å²) in [7, 11) is -4.04. The Kier molecular flexibility index (Phi) is 6.86.